The van der Waals surface area contributed by atoms with E-state index in [-0.39, 0.29) is 24.2 Å². The maximum Gasteiger partial charge on any atom is 0.260 e. The van der Waals surface area contributed by atoms with Gasteiger partial charge in [0.15, 0.2) is 18.2 Å². The lowest BCUT2D eigenvalue weighted by Gasteiger charge is -2.35. The minimum absolute atomic E-state index is 0.0517. The predicted molar refractivity (Wildman–Crippen MR) is 97.4 cm³/mol. The van der Waals surface area contributed by atoms with Crippen molar-refractivity contribution in [1.82, 2.24) is 9.80 Å². The number of halogens is 1. The van der Waals surface area contributed by atoms with Crippen LogP contribution in [0.15, 0.2) is 48.5 Å². The lowest BCUT2D eigenvalue weighted by atomic mass is 10.1. The van der Waals surface area contributed by atoms with Crippen LogP contribution < -0.4 is 9.47 Å². The smallest absolute Gasteiger partial charge is 0.260 e. The molecule has 6 nitrogen and oxygen atoms in total. The Labute approximate surface area is 157 Å². The lowest BCUT2D eigenvalue weighted by Crippen LogP contribution is -2.51. The van der Waals surface area contributed by atoms with Gasteiger partial charge in [0.1, 0.15) is 5.75 Å². The SMILES string of the molecule is COc1ccccc1C(=O)N1CCN(C(=O)COc2ccccc2F)CC1. The summed E-state index contributed by atoms with van der Waals surface area (Å²) in [5.41, 5.74) is 0.502. The zero-order chi connectivity index (χ0) is 19.2. The molecular weight excluding hydrogens is 351 g/mol. The molecule has 2 amide bonds. The standard InChI is InChI=1S/C20H21FN2O4/c1-26-17-8-4-2-6-15(17)20(25)23-12-10-22(11-13-23)19(24)14-27-18-9-5-3-7-16(18)21/h2-9H,10-14H2,1H3. The molecule has 0 unspecified atom stereocenters. The molecule has 0 saturated carbocycles. The summed E-state index contributed by atoms with van der Waals surface area (Å²) < 4.78 is 24.0. The normalized spacial score (nSPS) is 14.0. The van der Waals surface area contributed by atoms with Gasteiger partial charge in [-0.05, 0) is 24.3 Å². The van der Waals surface area contributed by atoms with Gasteiger partial charge in [-0.25, -0.2) is 4.39 Å². The van der Waals surface area contributed by atoms with Gasteiger partial charge in [-0.3, -0.25) is 9.59 Å². The quantitative estimate of drug-likeness (QED) is 0.807. The minimum Gasteiger partial charge on any atom is -0.496 e. The van der Waals surface area contributed by atoms with Crippen LogP contribution >= 0.6 is 0 Å². The average molecular weight is 372 g/mol. The third-order valence-corrected chi connectivity index (χ3v) is 4.44. The van der Waals surface area contributed by atoms with E-state index in [9.17, 15) is 14.0 Å². The van der Waals surface area contributed by atoms with E-state index in [0.717, 1.165) is 0 Å². The van der Waals surface area contributed by atoms with Crippen LogP contribution in [0.5, 0.6) is 11.5 Å². The number of amides is 2. The monoisotopic (exact) mass is 372 g/mol. The fourth-order valence-electron chi connectivity index (χ4n) is 2.94. The molecule has 0 aliphatic carbocycles. The second kappa shape index (κ2) is 8.53. The van der Waals surface area contributed by atoms with Crippen molar-refractivity contribution in [3.63, 3.8) is 0 Å². The zero-order valence-corrected chi connectivity index (χ0v) is 15.1. The van der Waals surface area contributed by atoms with Crippen LogP contribution in [0.25, 0.3) is 0 Å². The zero-order valence-electron chi connectivity index (χ0n) is 15.1. The minimum atomic E-state index is -0.502. The van der Waals surface area contributed by atoms with Gasteiger partial charge in [-0.15, -0.1) is 0 Å². The van der Waals surface area contributed by atoms with Crippen molar-refractivity contribution in [1.29, 1.82) is 0 Å². The molecule has 2 aromatic rings. The molecule has 1 aliphatic rings. The first-order chi connectivity index (χ1) is 13.1. The third-order valence-electron chi connectivity index (χ3n) is 4.44. The number of ether oxygens (including phenoxy) is 2. The van der Waals surface area contributed by atoms with Crippen molar-refractivity contribution in [2.75, 3.05) is 39.9 Å². The highest BCUT2D eigenvalue weighted by atomic mass is 19.1. The van der Waals surface area contributed by atoms with Crippen LogP contribution in [0, 0.1) is 5.82 Å². The number of carbonyl (C=O) groups excluding carboxylic acids is 2. The summed E-state index contributed by atoms with van der Waals surface area (Å²) >= 11 is 0. The largest absolute Gasteiger partial charge is 0.496 e. The van der Waals surface area contributed by atoms with E-state index in [1.807, 2.05) is 6.07 Å². The summed E-state index contributed by atoms with van der Waals surface area (Å²) in [6.45, 7) is 1.41. The summed E-state index contributed by atoms with van der Waals surface area (Å²) in [4.78, 5) is 28.3. The molecule has 0 bridgehead atoms. The van der Waals surface area contributed by atoms with E-state index in [1.54, 1.807) is 40.1 Å². The number of para-hydroxylation sites is 2. The van der Waals surface area contributed by atoms with Crippen molar-refractivity contribution < 1.29 is 23.5 Å². The molecule has 1 heterocycles. The molecule has 0 aromatic heterocycles. The topological polar surface area (TPSA) is 59.1 Å². The van der Waals surface area contributed by atoms with Crippen LogP contribution in [-0.2, 0) is 4.79 Å². The second-order valence-electron chi connectivity index (χ2n) is 6.09. The Balaban J connectivity index is 1.53. The molecule has 0 N–H and O–H groups in total. The molecule has 142 valence electrons. The maximum absolute atomic E-state index is 13.5. The summed E-state index contributed by atoms with van der Waals surface area (Å²) in [6, 6.07) is 13.0. The summed E-state index contributed by atoms with van der Waals surface area (Å²) in [7, 11) is 1.53. The van der Waals surface area contributed by atoms with E-state index >= 15 is 0 Å². The van der Waals surface area contributed by atoms with Gasteiger partial charge in [0, 0.05) is 26.2 Å². The van der Waals surface area contributed by atoms with Gasteiger partial charge in [-0.2, -0.15) is 0 Å². The Kier molecular flexibility index (Phi) is 5.90. The Hall–Kier alpha value is -3.09. The number of methoxy groups -OCH3 is 1. The Morgan fingerprint density at radius 2 is 1.52 bits per heavy atom. The first-order valence-electron chi connectivity index (χ1n) is 8.67. The van der Waals surface area contributed by atoms with Gasteiger partial charge in [0.2, 0.25) is 0 Å². The molecule has 1 fully saturated rings. The molecule has 3 rings (SSSR count). The number of benzene rings is 2. The number of rotatable bonds is 5. The van der Waals surface area contributed by atoms with Crippen LogP contribution in [0.4, 0.5) is 4.39 Å². The lowest BCUT2D eigenvalue weighted by molar-refractivity contribution is -0.134. The third kappa shape index (κ3) is 4.36. The highest BCUT2D eigenvalue weighted by Crippen LogP contribution is 2.20. The predicted octanol–water partition coefficient (Wildman–Crippen LogP) is 2.20. The van der Waals surface area contributed by atoms with Crippen molar-refractivity contribution >= 4 is 11.8 Å². The van der Waals surface area contributed by atoms with E-state index in [0.29, 0.717) is 37.5 Å². The average Bonchev–Trinajstić information content (AvgIpc) is 2.72. The number of piperazine rings is 1. The molecule has 27 heavy (non-hydrogen) atoms. The van der Waals surface area contributed by atoms with Crippen molar-refractivity contribution in [2.45, 2.75) is 0 Å². The van der Waals surface area contributed by atoms with Gasteiger partial charge in [-0.1, -0.05) is 24.3 Å². The Morgan fingerprint density at radius 1 is 0.926 bits per heavy atom. The first-order valence-corrected chi connectivity index (χ1v) is 8.67. The highest BCUT2D eigenvalue weighted by molar-refractivity contribution is 5.97. The molecule has 1 aliphatic heterocycles. The molecule has 1 saturated heterocycles. The number of hydrogen-bond donors (Lipinski definition) is 0. The van der Waals surface area contributed by atoms with E-state index in [4.69, 9.17) is 9.47 Å². The number of carbonyl (C=O) groups is 2. The van der Waals surface area contributed by atoms with Crippen molar-refractivity contribution in [3.05, 3.63) is 59.9 Å². The highest BCUT2D eigenvalue weighted by Gasteiger charge is 2.26. The molecule has 0 radical (unpaired) electrons. The summed E-state index contributed by atoms with van der Waals surface area (Å²) in [5.74, 6) is -0.280. The van der Waals surface area contributed by atoms with Gasteiger partial charge >= 0.3 is 0 Å². The summed E-state index contributed by atoms with van der Waals surface area (Å²) in [5, 5.41) is 0. The molecule has 0 spiro atoms. The van der Waals surface area contributed by atoms with Crippen LogP contribution in [0.1, 0.15) is 10.4 Å². The molecule has 0 atom stereocenters. The molecule has 7 heteroatoms. The van der Waals surface area contributed by atoms with Crippen LogP contribution in [0.2, 0.25) is 0 Å². The fourth-order valence-corrected chi connectivity index (χ4v) is 2.94. The molecular formula is C20H21FN2O4. The van der Waals surface area contributed by atoms with Gasteiger partial charge < -0.3 is 19.3 Å². The first kappa shape index (κ1) is 18.7. The summed E-state index contributed by atoms with van der Waals surface area (Å²) in [6.07, 6.45) is 0. The molecule has 2 aromatic carbocycles. The Morgan fingerprint density at radius 3 is 2.19 bits per heavy atom. The van der Waals surface area contributed by atoms with Crippen molar-refractivity contribution in [3.8, 4) is 11.5 Å². The van der Waals surface area contributed by atoms with E-state index in [1.165, 1.54) is 19.2 Å². The van der Waals surface area contributed by atoms with E-state index in [2.05, 4.69) is 0 Å². The second-order valence-corrected chi connectivity index (χ2v) is 6.09. The van der Waals surface area contributed by atoms with Gasteiger partial charge in [0.05, 0.1) is 12.7 Å². The number of hydrogen-bond acceptors (Lipinski definition) is 4. The van der Waals surface area contributed by atoms with E-state index < -0.39 is 5.82 Å². The van der Waals surface area contributed by atoms with Crippen LogP contribution in [-0.4, -0.2) is 61.5 Å². The van der Waals surface area contributed by atoms with Crippen LogP contribution in [0.3, 0.4) is 0 Å². The maximum atomic E-state index is 13.5. The number of nitrogens with zero attached hydrogens (tertiary/aromatic N) is 2. The van der Waals surface area contributed by atoms with Gasteiger partial charge in [0.25, 0.3) is 11.8 Å². The fraction of sp³-hybridized carbons (Fsp3) is 0.300. The Bertz CT molecular complexity index is 819. The van der Waals surface area contributed by atoms with Crippen molar-refractivity contribution in [2.24, 2.45) is 0 Å².